The Hall–Kier alpha value is -2.67. The summed E-state index contributed by atoms with van der Waals surface area (Å²) in [6.45, 7) is 2.96. The molecule has 1 heterocycles. The number of rotatable bonds is 7. The van der Waals surface area contributed by atoms with Gasteiger partial charge in [0.05, 0.1) is 25.7 Å². The zero-order valence-corrected chi connectivity index (χ0v) is 17.1. The van der Waals surface area contributed by atoms with Gasteiger partial charge in [-0.2, -0.15) is 0 Å². The Kier molecular flexibility index (Phi) is 6.46. The number of thioether (sulfide) groups is 1. The topological polar surface area (TPSA) is 59.1 Å². The molecule has 1 aliphatic rings. The van der Waals surface area contributed by atoms with Crippen LogP contribution < -0.4 is 14.4 Å². The maximum absolute atomic E-state index is 12.9. The fourth-order valence-corrected chi connectivity index (χ4v) is 4.07. The van der Waals surface area contributed by atoms with Crippen LogP contribution in [0.5, 0.6) is 11.5 Å². The van der Waals surface area contributed by atoms with Gasteiger partial charge in [0.15, 0.2) is 11.5 Å². The maximum Gasteiger partial charge on any atom is 0.242 e. The molecule has 0 radical (unpaired) electrons. The number of hydrogen-bond acceptors (Lipinski definition) is 5. The van der Waals surface area contributed by atoms with Crippen molar-refractivity contribution in [2.75, 3.05) is 38.0 Å². The summed E-state index contributed by atoms with van der Waals surface area (Å²) in [6.07, 6.45) is 0. The normalized spacial score (nSPS) is 13.1. The van der Waals surface area contributed by atoms with E-state index >= 15 is 0 Å². The number of methoxy groups -OCH3 is 2. The van der Waals surface area contributed by atoms with Crippen LogP contribution in [0, 0.1) is 0 Å². The molecule has 28 heavy (non-hydrogen) atoms. The highest BCUT2D eigenvalue weighted by atomic mass is 32.2. The second-order valence-corrected chi connectivity index (χ2v) is 7.35. The number of carbonyl (C=O) groups is 2. The zero-order chi connectivity index (χ0) is 20.1. The Morgan fingerprint density at radius 3 is 2.61 bits per heavy atom. The van der Waals surface area contributed by atoms with E-state index < -0.39 is 0 Å². The zero-order valence-electron chi connectivity index (χ0n) is 16.3. The summed E-state index contributed by atoms with van der Waals surface area (Å²) in [5.74, 6) is 1.49. The molecule has 1 aliphatic heterocycles. The second kappa shape index (κ2) is 9.01. The lowest BCUT2D eigenvalue weighted by Crippen LogP contribution is -2.44. The number of carbonyl (C=O) groups excluding carboxylic acids is 2. The largest absolute Gasteiger partial charge is 0.493 e. The van der Waals surface area contributed by atoms with Crippen molar-refractivity contribution in [1.29, 1.82) is 0 Å². The van der Waals surface area contributed by atoms with Crippen LogP contribution in [0.15, 0.2) is 47.4 Å². The van der Waals surface area contributed by atoms with Crippen molar-refractivity contribution in [3.05, 3.63) is 48.0 Å². The monoisotopic (exact) mass is 400 g/mol. The van der Waals surface area contributed by atoms with Gasteiger partial charge in [-0.15, -0.1) is 11.8 Å². The molecule has 148 valence electrons. The van der Waals surface area contributed by atoms with Crippen LogP contribution in [0.25, 0.3) is 0 Å². The van der Waals surface area contributed by atoms with Gasteiger partial charge in [-0.25, -0.2) is 0 Å². The number of para-hydroxylation sites is 1. The molecule has 2 amide bonds. The van der Waals surface area contributed by atoms with Gasteiger partial charge in [0, 0.05) is 18.0 Å². The number of anilines is 1. The van der Waals surface area contributed by atoms with Crippen molar-refractivity contribution < 1.29 is 19.1 Å². The average molecular weight is 401 g/mol. The summed E-state index contributed by atoms with van der Waals surface area (Å²) in [7, 11) is 3.17. The molecule has 0 saturated carbocycles. The molecule has 2 aromatic rings. The molecular formula is C21H24N2O4S. The lowest BCUT2D eigenvalue weighted by Gasteiger charge is -2.30. The molecule has 0 aromatic heterocycles. The van der Waals surface area contributed by atoms with Gasteiger partial charge in [0.25, 0.3) is 0 Å². The molecule has 0 N–H and O–H groups in total. The van der Waals surface area contributed by atoms with E-state index in [4.69, 9.17) is 9.47 Å². The lowest BCUT2D eigenvalue weighted by atomic mass is 10.2. The third kappa shape index (κ3) is 4.25. The van der Waals surface area contributed by atoms with Crippen LogP contribution in [0.1, 0.15) is 12.5 Å². The first-order valence-electron chi connectivity index (χ1n) is 9.08. The van der Waals surface area contributed by atoms with Crippen LogP contribution in [-0.4, -0.2) is 49.8 Å². The molecule has 0 atom stereocenters. The van der Waals surface area contributed by atoms with E-state index in [2.05, 4.69) is 0 Å². The Labute approximate surface area is 169 Å². The number of hydrogen-bond donors (Lipinski definition) is 0. The summed E-state index contributed by atoms with van der Waals surface area (Å²) >= 11 is 1.51. The van der Waals surface area contributed by atoms with E-state index in [-0.39, 0.29) is 18.4 Å². The summed E-state index contributed by atoms with van der Waals surface area (Å²) in [4.78, 5) is 29.7. The average Bonchev–Trinajstić information content (AvgIpc) is 2.73. The standard InChI is InChI=1S/C21H24N2O4S/c1-4-22(12-15-9-10-17(26-2)18(11-15)27-3)20(24)13-23-16-7-5-6-8-19(16)28-14-21(23)25/h5-11H,4,12-14H2,1-3H3. The highest BCUT2D eigenvalue weighted by Crippen LogP contribution is 2.35. The highest BCUT2D eigenvalue weighted by Gasteiger charge is 2.27. The molecular weight excluding hydrogens is 376 g/mol. The van der Waals surface area contributed by atoms with Crippen molar-refractivity contribution in [1.82, 2.24) is 4.90 Å². The van der Waals surface area contributed by atoms with E-state index in [1.807, 2.05) is 49.4 Å². The third-order valence-electron chi connectivity index (χ3n) is 4.66. The Morgan fingerprint density at radius 2 is 1.89 bits per heavy atom. The summed E-state index contributed by atoms with van der Waals surface area (Å²) in [6, 6.07) is 13.3. The predicted octanol–water partition coefficient (Wildman–Crippen LogP) is 3.19. The number of benzene rings is 2. The van der Waals surface area contributed by atoms with Gasteiger partial charge in [-0.05, 0) is 36.8 Å². The van der Waals surface area contributed by atoms with E-state index in [0.717, 1.165) is 16.1 Å². The highest BCUT2D eigenvalue weighted by molar-refractivity contribution is 8.00. The predicted molar refractivity (Wildman–Crippen MR) is 110 cm³/mol. The molecule has 0 spiro atoms. The van der Waals surface area contributed by atoms with E-state index in [9.17, 15) is 9.59 Å². The van der Waals surface area contributed by atoms with E-state index in [1.54, 1.807) is 24.0 Å². The van der Waals surface area contributed by atoms with E-state index in [1.165, 1.54) is 11.8 Å². The van der Waals surface area contributed by atoms with Gasteiger partial charge >= 0.3 is 0 Å². The van der Waals surface area contributed by atoms with Crippen molar-refractivity contribution in [2.24, 2.45) is 0 Å². The number of nitrogens with zero attached hydrogens (tertiary/aromatic N) is 2. The Bertz CT molecular complexity index is 871. The van der Waals surface area contributed by atoms with Crippen LogP contribution in [-0.2, 0) is 16.1 Å². The van der Waals surface area contributed by atoms with Gasteiger partial charge in [0.2, 0.25) is 11.8 Å². The third-order valence-corrected chi connectivity index (χ3v) is 5.70. The van der Waals surface area contributed by atoms with Crippen LogP contribution >= 0.6 is 11.8 Å². The fraction of sp³-hybridized carbons (Fsp3) is 0.333. The summed E-state index contributed by atoms with van der Waals surface area (Å²) in [5, 5.41) is 0. The quantitative estimate of drug-likeness (QED) is 0.714. The lowest BCUT2D eigenvalue weighted by molar-refractivity contribution is -0.131. The smallest absolute Gasteiger partial charge is 0.242 e. The molecule has 0 unspecified atom stereocenters. The summed E-state index contributed by atoms with van der Waals surface area (Å²) < 4.78 is 10.6. The first-order chi connectivity index (χ1) is 13.6. The minimum absolute atomic E-state index is 0.0392. The summed E-state index contributed by atoms with van der Waals surface area (Å²) in [5.41, 5.74) is 1.74. The molecule has 6 nitrogen and oxygen atoms in total. The molecule has 0 fully saturated rings. The van der Waals surface area contributed by atoms with Crippen molar-refractivity contribution in [3.63, 3.8) is 0 Å². The Morgan fingerprint density at radius 1 is 1.14 bits per heavy atom. The van der Waals surface area contributed by atoms with Gasteiger partial charge < -0.3 is 19.3 Å². The second-order valence-electron chi connectivity index (χ2n) is 6.33. The number of likely N-dealkylation sites (N-methyl/N-ethyl adjacent to an activating group) is 1. The molecule has 3 rings (SSSR count). The van der Waals surface area contributed by atoms with Crippen LogP contribution in [0.3, 0.4) is 0 Å². The molecule has 0 aliphatic carbocycles. The van der Waals surface area contributed by atoms with Crippen molar-refractivity contribution in [3.8, 4) is 11.5 Å². The van der Waals surface area contributed by atoms with Crippen molar-refractivity contribution in [2.45, 2.75) is 18.4 Å². The first kappa shape index (κ1) is 20.1. The molecule has 0 saturated heterocycles. The van der Waals surface area contributed by atoms with Gasteiger partial charge in [0.1, 0.15) is 6.54 Å². The minimum atomic E-state index is -0.0904. The molecule has 7 heteroatoms. The van der Waals surface area contributed by atoms with Crippen molar-refractivity contribution >= 4 is 29.3 Å². The fourth-order valence-electron chi connectivity index (χ4n) is 3.14. The maximum atomic E-state index is 12.9. The minimum Gasteiger partial charge on any atom is -0.493 e. The van der Waals surface area contributed by atoms with Crippen LogP contribution in [0.4, 0.5) is 5.69 Å². The molecule has 0 bridgehead atoms. The molecule has 2 aromatic carbocycles. The van der Waals surface area contributed by atoms with E-state index in [0.29, 0.717) is 30.3 Å². The number of fused-ring (bicyclic) bond motifs is 1. The number of amides is 2. The van der Waals surface area contributed by atoms with Crippen LogP contribution in [0.2, 0.25) is 0 Å². The Balaban J connectivity index is 1.75. The first-order valence-corrected chi connectivity index (χ1v) is 10.1. The SMILES string of the molecule is CCN(Cc1ccc(OC)c(OC)c1)C(=O)CN1C(=O)CSc2ccccc21. The van der Waals surface area contributed by atoms with Gasteiger partial charge in [-0.1, -0.05) is 18.2 Å². The number of ether oxygens (including phenoxy) is 2. The van der Waals surface area contributed by atoms with Gasteiger partial charge in [-0.3, -0.25) is 9.59 Å².